The Bertz CT molecular complexity index is 350. The molecule has 0 aliphatic carbocycles. The molecule has 1 aliphatic heterocycles. The summed E-state index contributed by atoms with van der Waals surface area (Å²) in [6, 6.07) is 10.1. The first-order valence-corrected chi connectivity index (χ1v) is 5.77. The Balaban J connectivity index is 2.04. The molecular weight excluding hydrogens is 202 g/mol. The minimum absolute atomic E-state index is 0.0775. The van der Waals surface area contributed by atoms with Crippen molar-refractivity contribution in [1.29, 1.82) is 0 Å². The fourth-order valence-electron chi connectivity index (χ4n) is 2.33. The maximum Gasteiger partial charge on any atom is 0.308 e. The molecule has 1 saturated heterocycles. The average Bonchev–Trinajstić information content (AvgIpc) is 2.31. The lowest BCUT2D eigenvalue weighted by molar-refractivity contribution is -0.143. The molecule has 0 spiro atoms. The van der Waals surface area contributed by atoms with Crippen molar-refractivity contribution in [2.24, 2.45) is 5.92 Å². The number of carboxylic acid groups (broad SMARTS) is 1. The zero-order chi connectivity index (χ0) is 11.4. The van der Waals surface area contributed by atoms with Crippen molar-refractivity contribution in [3.05, 3.63) is 35.9 Å². The first-order chi connectivity index (χ1) is 7.77. The van der Waals surface area contributed by atoms with Gasteiger partial charge in [-0.05, 0) is 31.4 Å². The molecule has 3 heteroatoms. The summed E-state index contributed by atoms with van der Waals surface area (Å²) in [7, 11) is 0. The highest BCUT2D eigenvalue weighted by Gasteiger charge is 2.30. The molecule has 1 aliphatic rings. The predicted octanol–water partition coefficient (Wildman–Crippen LogP) is 1.68. The summed E-state index contributed by atoms with van der Waals surface area (Å²) < 4.78 is 0. The van der Waals surface area contributed by atoms with Crippen LogP contribution in [0.1, 0.15) is 18.4 Å². The molecule has 0 bridgehead atoms. The molecule has 1 heterocycles. The third-order valence-electron chi connectivity index (χ3n) is 3.20. The number of hydrogen-bond donors (Lipinski definition) is 2. The minimum Gasteiger partial charge on any atom is -0.481 e. The van der Waals surface area contributed by atoms with E-state index >= 15 is 0 Å². The minimum atomic E-state index is -0.673. The van der Waals surface area contributed by atoms with Gasteiger partial charge in [0.1, 0.15) is 0 Å². The first-order valence-electron chi connectivity index (χ1n) is 5.77. The molecule has 86 valence electrons. The number of carboxylic acids is 1. The molecule has 1 aromatic carbocycles. The van der Waals surface area contributed by atoms with Gasteiger partial charge in [-0.25, -0.2) is 0 Å². The maximum atomic E-state index is 11.1. The van der Waals surface area contributed by atoms with Crippen LogP contribution >= 0.6 is 0 Å². The molecule has 2 atom stereocenters. The van der Waals surface area contributed by atoms with Crippen molar-refractivity contribution in [3.8, 4) is 0 Å². The van der Waals surface area contributed by atoms with Gasteiger partial charge in [0.25, 0.3) is 0 Å². The standard InChI is InChI=1S/C13H17NO2/c15-13(16)11-7-4-8-14-12(11)9-10-5-2-1-3-6-10/h1-3,5-6,11-12,14H,4,7-9H2,(H,15,16)/t11-,12+/m1/s1. The normalized spacial score (nSPS) is 25.2. The largest absolute Gasteiger partial charge is 0.481 e. The molecular formula is C13H17NO2. The molecule has 2 N–H and O–H groups in total. The summed E-state index contributed by atoms with van der Waals surface area (Å²) in [5.41, 5.74) is 1.20. The average molecular weight is 219 g/mol. The van der Waals surface area contributed by atoms with Gasteiger partial charge in [-0.3, -0.25) is 4.79 Å². The van der Waals surface area contributed by atoms with Crippen LogP contribution in [-0.4, -0.2) is 23.7 Å². The number of hydrogen-bond acceptors (Lipinski definition) is 2. The highest BCUT2D eigenvalue weighted by atomic mass is 16.4. The quantitative estimate of drug-likeness (QED) is 0.813. The van der Waals surface area contributed by atoms with Crippen molar-refractivity contribution in [1.82, 2.24) is 5.32 Å². The monoisotopic (exact) mass is 219 g/mol. The zero-order valence-electron chi connectivity index (χ0n) is 9.23. The van der Waals surface area contributed by atoms with E-state index in [1.54, 1.807) is 0 Å². The van der Waals surface area contributed by atoms with Crippen LogP contribution in [0, 0.1) is 5.92 Å². The van der Waals surface area contributed by atoms with Crippen LogP contribution in [0.25, 0.3) is 0 Å². The van der Waals surface area contributed by atoms with Gasteiger partial charge in [0.05, 0.1) is 5.92 Å². The number of piperidine rings is 1. The molecule has 0 saturated carbocycles. The van der Waals surface area contributed by atoms with Gasteiger partial charge in [0.15, 0.2) is 0 Å². The van der Waals surface area contributed by atoms with E-state index in [0.717, 1.165) is 25.8 Å². The summed E-state index contributed by atoms with van der Waals surface area (Å²) >= 11 is 0. The van der Waals surface area contributed by atoms with Gasteiger partial charge in [-0.15, -0.1) is 0 Å². The van der Waals surface area contributed by atoms with Gasteiger partial charge >= 0.3 is 5.97 Å². The van der Waals surface area contributed by atoms with Gasteiger partial charge in [0, 0.05) is 6.04 Å². The fraction of sp³-hybridized carbons (Fsp3) is 0.462. The SMILES string of the molecule is O=C(O)[C@@H]1CCCN[C@H]1Cc1ccccc1. The van der Waals surface area contributed by atoms with E-state index in [1.165, 1.54) is 5.56 Å². The van der Waals surface area contributed by atoms with Crippen LogP contribution in [-0.2, 0) is 11.2 Å². The van der Waals surface area contributed by atoms with Gasteiger partial charge in [-0.2, -0.15) is 0 Å². The van der Waals surface area contributed by atoms with Crippen LogP contribution in [0.15, 0.2) is 30.3 Å². The van der Waals surface area contributed by atoms with Crippen LogP contribution < -0.4 is 5.32 Å². The van der Waals surface area contributed by atoms with Crippen molar-refractivity contribution in [2.75, 3.05) is 6.54 Å². The number of aliphatic carboxylic acids is 1. The van der Waals surface area contributed by atoms with Crippen LogP contribution in [0.3, 0.4) is 0 Å². The summed E-state index contributed by atoms with van der Waals surface area (Å²) in [6.45, 7) is 0.932. The Kier molecular flexibility index (Phi) is 3.57. The van der Waals surface area contributed by atoms with Gasteiger partial charge < -0.3 is 10.4 Å². The molecule has 3 nitrogen and oxygen atoms in total. The second-order valence-electron chi connectivity index (χ2n) is 4.34. The summed E-state index contributed by atoms with van der Waals surface area (Å²) in [5.74, 6) is -0.915. The van der Waals surface area contributed by atoms with Crippen molar-refractivity contribution in [3.63, 3.8) is 0 Å². The predicted molar refractivity (Wildman–Crippen MR) is 62.3 cm³/mol. The Morgan fingerprint density at radius 1 is 1.38 bits per heavy atom. The molecule has 0 unspecified atom stereocenters. The van der Waals surface area contributed by atoms with Gasteiger partial charge in [-0.1, -0.05) is 30.3 Å². The van der Waals surface area contributed by atoms with E-state index in [9.17, 15) is 4.79 Å². The molecule has 2 rings (SSSR count). The Labute approximate surface area is 95.5 Å². The van der Waals surface area contributed by atoms with Crippen molar-refractivity contribution in [2.45, 2.75) is 25.3 Å². The van der Waals surface area contributed by atoms with Crippen LogP contribution in [0.5, 0.6) is 0 Å². The lowest BCUT2D eigenvalue weighted by Crippen LogP contribution is -2.46. The van der Waals surface area contributed by atoms with E-state index in [-0.39, 0.29) is 12.0 Å². The number of rotatable bonds is 3. The van der Waals surface area contributed by atoms with E-state index < -0.39 is 5.97 Å². The molecule has 1 fully saturated rings. The summed E-state index contributed by atoms with van der Waals surface area (Å²) in [5, 5.41) is 12.5. The topological polar surface area (TPSA) is 49.3 Å². The molecule has 1 aromatic rings. The van der Waals surface area contributed by atoms with Crippen molar-refractivity contribution >= 4 is 5.97 Å². The van der Waals surface area contributed by atoms with Crippen LogP contribution in [0.4, 0.5) is 0 Å². The van der Waals surface area contributed by atoms with E-state index in [4.69, 9.17) is 5.11 Å². The smallest absolute Gasteiger partial charge is 0.308 e. The highest BCUT2D eigenvalue weighted by molar-refractivity contribution is 5.71. The Morgan fingerprint density at radius 2 is 2.12 bits per heavy atom. The first kappa shape index (κ1) is 11.1. The zero-order valence-corrected chi connectivity index (χ0v) is 9.23. The lowest BCUT2D eigenvalue weighted by Gasteiger charge is -2.29. The number of benzene rings is 1. The van der Waals surface area contributed by atoms with E-state index in [1.807, 2.05) is 18.2 Å². The molecule has 0 amide bonds. The lowest BCUT2D eigenvalue weighted by atomic mass is 9.87. The van der Waals surface area contributed by atoms with Gasteiger partial charge in [0.2, 0.25) is 0 Å². The summed E-state index contributed by atoms with van der Waals surface area (Å²) in [6.07, 6.45) is 2.56. The number of nitrogens with one attached hydrogen (secondary N) is 1. The maximum absolute atomic E-state index is 11.1. The Hall–Kier alpha value is -1.35. The molecule has 16 heavy (non-hydrogen) atoms. The molecule has 0 aromatic heterocycles. The van der Waals surface area contributed by atoms with Crippen LogP contribution in [0.2, 0.25) is 0 Å². The second-order valence-corrected chi connectivity index (χ2v) is 4.34. The highest BCUT2D eigenvalue weighted by Crippen LogP contribution is 2.20. The second kappa shape index (κ2) is 5.12. The van der Waals surface area contributed by atoms with E-state index in [0.29, 0.717) is 0 Å². The third kappa shape index (κ3) is 2.61. The number of carbonyl (C=O) groups is 1. The molecule has 0 radical (unpaired) electrons. The third-order valence-corrected chi connectivity index (χ3v) is 3.20. The van der Waals surface area contributed by atoms with Crippen molar-refractivity contribution < 1.29 is 9.90 Å². The van der Waals surface area contributed by atoms with E-state index in [2.05, 4.69) is 17.4 Å². The summed E-state index contributed by atoms with van der Waals surface area (Å²) in [4.78, 5) is 11.1. The fourth-order valence-corrected chi connectivity index (χ4v) is 2.33. The Morgan fingerprint density at radius 3 is 2.81 bits per heavy atom.